The second-order valence-corrected chi connectivity index (χ2v) is 6.78. The molecule has 0 aliphatic heterocycles. The van der Waals surface area contributed by atoms with Gasteiger partial charge < -0.3 is 10.5 Å². The van der Waals surface area contributed by atoms with Crippen molar-refractivity contribution < 1.29 is 4.74 Å². The first-order valence-electron chi connectivity index (χ1n) is 7.90. The highest BCUT2D eigenvalue weighted by Gasteiger charge is 2.17. The van der Waals surface area contributed by atoms with E-state index in [4.69, 9.17) is 10.5 Å². The predicted octanol–water partition coefficient (Wildman–Crippen LogP) is 4.47. The largest absolute Gasteiger partial charge is 0.497 e. The fraction of sp³-hybridized carbons (Fsp3) is 0.400. The molecule has 2 aromatic carbocycles. The Bertz CT molecular complexity index is 579. The van der Waals surface area contributed by atoms with E-state index in [0.717, 1.165) is 12.2 Å². The van der Waals surface area contributed by atoms with Crippen molar-refractivity contribution in [3.8, 4) is 5.75 Å². The smallest absolute Gasteiger partial charge is 0.118 e. The average Bonchev–Trinajstić information content (AvgIpc) is 2.52. The van der Waals surface area contributed by atoms with Crippen molar-refractivity contribution in [3.05, 3.63) is 65.2 Å². The number of hydrogen-bond acceptors (Lipinski definition) is 2. The van der Waals surface area contributed by atoms with Gasteiger partial charge in [-0.2, -0.15) is 0 Å². The maximum Gasteiger partial charge on any atom is 0.118 e. The summed E-state index contributed by atoms with van der Waals surface area (Å²) in [5.41, 5.74) is 9.99. The van der Waals surface area contributed by atoms with Crippen molar-refractivity contribution in [3.63, 3.8) is 0 Å². The molecule has 1 atom stereocenters. The molecule has 0 saturated carbocycles. The van der Waals surface area contributed by atoms with E-state index < -0.39 is 0 Å². The summed E-state index contributed by atoms with van der Waals surface area (Å²) in [5, 5.41) is 0. The van der Waals surface area contributed by atoms with E-state index in [2.05, 4.69) is 57.2 Å². The molecular weight excluding hydrogens is 270 g/mol. The van der Waals surface area contributed by atoms with Gasteiger partial charge in [0.25, 0.3) is 0 Å². The molecule has 0 aliphatic carbocycles. The van der Waals surface area contributed by atoms with Gasteiger partial charge in [-0.05, 0) is 47.2 Å². The molecule has 0 bridgehead atoms. The second kappa shape index (κ2) is 6.97. The van der Waals surface area contributed by atoms with Crippen LogP contribution in [0.25, 0.3) is 0 Å². The molecule has 0 radical (unpaired) electrons. The van der Waals surface area contributed by atoms with Crippen molar-refractivity contribution >= 4 is 0 Å². The molecule has 0 aromatic heterocycles. The number of hydrogen-bond donors (Lipinski definition) is 1. The summed E-state index contributed by atoms with van der Waals surface area (Å²) in [6, 6.07) is 17.3. The van der Waals surface area contributed by atoms with Gasteiger partial charge in [0.2, 0.25) is 0 Å². The van der Waals surface area contributed by atoms with E-state index in [1.807, 2.05) is 12.1 Å². The normalized spacial score (nSPS) is 13.0. The third-order valence-corrected chi connectivity index (χ3v) is 4.15. The van der Waals surface area contributed by atoms with E-state index >= 15 is 0 Å². The van der Waals surface area contributed by atoms with Crippen LogP contribution in [-0.2, 0) is 5.41 Å². The zero-order chi connectivity index (χ0) is 16.2. The summed E-state index contributed by atoms with van der Waals surface area (Å²) < 4.78 is 5.24. The van der Waals surface area contributed by atoms with Crippen LogP contribution in [0.5, 0.6) is 5.75 Å². The first-order chi connectivity index (χ1) is 10.5. The quantitative estimate of drug-likeness (QED) is 0.883. The van der Waals surface area contributed by atoms with E-state index in [-0.39, 0.29) is 5.41 Å². The maximum absolute atomic E-state index is 5.83. The summed E-state index contributed by atoms with van der Waals surface area (Å²) in [6.07, 6.45) is 0.946. The Kier molecular flexibility index (Phi) is 5.25. The molecule has 0 spiro atoms. The zero-order valence-electron chi connectivity index (χ0n) is 14.1. The monoisotopic (exact) mass is 297 g/mol. The molecule has 0 heterocycles. The Hall–Kier alpha value is -1.80. The number of benzene rings is 2. The van der Waals surface area contributed by atoms with Crippen LogP contribution in [-0.4, -0.2) is 13.7 Å². The minimum Gasteiger partial charge on any atom is -0.497 e. The minimum absolute atomic E-state index is 0.183. The van der Waals surface area contributed by atoms with Gasteiger partial charge in [-0.15, -0.1) is 0 Å². The lowest BCUT2D eigenvalue weighted by Gasteiger charge is -2.22. The van der Waals surface area contributed by atoms with E-state index in [1.165, 1.54) is 16.7 Å². The molecule has 0 saturated heterocycles. The zero-order valence-corrected chi connectivity index (χ0v) is 14.1. The van der Waals surface area contributed by atoms with E-state index in [1.54, 1.807) is 7.11 Å². The molecule has 0 aliphatic rings. The maximum atomic E-state index is 5.83. The number of ether oxygens (including phenoxy) is 1. The summed E-state index contributed by atoms with van der Waals surface area (Å²) in [4.78, 5) is 0. The molecule has 0 fully saturated rings. The summed E-state index contributed by atoms with van der Waals surface area (Å²) in [6.45, 7) is 7.40. The van der Waals surface area contributed by atoms with Crippen molar-refractivity contribution in [2.45, 2.75) is 38.5 Å². The van der Waals surface area contributed by atoms with Gasteiger partial charge in [-0.1, -0.05) is 57.2 Å². The number of rotatable bonds is 5. The third kappa shape index (κ3) is 3.89. The van der Waals surface area contributed by atoms with Gasteiger partial charge in [0, 0.05) is 5.92 Å². The van der Waals surface area contributed by atoms with Crippen molar-refractivity contribution in [1.82, 2.24) is 0 Å². The van der Waals surface area contributed by atoms with Crippen LogP contribution < -0.4 is 10.5 Å². The van der Waals surface area contributed by atoms with Gasteiger partial charge in [0.15, 0.2) is 0 Å². The van der Waals surface area contributed by atoms with Crippen molar-refractivity contribution in [2.75, 3.05) is 13.7 Å². The average molecular weight is 297 g/mol. The summed E-state index contributed by atoms with van der Waals surface area (Å²) in [7, 11) is 1.69. The fourth-order valence-corrected chi connectivity index (χ4v) is 2.74. The number of methoxy groups -OCH3 is 1. The van der Waals surface area contributed by atoms with E-state index in [9.17, 15) is 0 Å². The Morgan fingerprint density at radius 2 is 1.41 bits per heavy atom. The van der Waals surface area contributed by atoms with Crippen molar-refractivity contribution in [1.29, 1.82) is 0 Å². The SMILES string of the molecule is COc1ccc(C(CCN)c2ccc(C(C)(C)C)cc2)cc1. The molecule has 22 heavy (non-hydrogen) atoms. The van der Waals surface area contributed by atoms with Gasteiger partial charge in [-0.25, -0.2) is 0 Å². The molecule has 2 nitrogen and oxygen atoms in total. The molecule has 2 heteroatoms. The minimum atomic E-state index is 0.183. The first-order valence-corrected chi connectivity index (χ1v) is 7.90. The summed E-state index contributed by atoms with van der Waals surface area (Å²) >= 11 is 0. The van der Waals surface area contributed by atoms with Gasteiger partial charge in [0.1, 0.15) is 5.75 Å². The topological polar surface area (TPSA) is 35.2 Å². The summed E-state index contributed by atoms with van der Waals surface area (Å²) in [5.74, 6) is 1.23. The van der Waals surface area contributed by atoms with Crippen LogP contribution in [0.3, 0.4) is 0 Å². The Morgan fingerprint density at radius 3 is 1.82 bits per heavy atom. The number of nitrogens with two attached hydrogens (primary N) is 1. The first kappa shape index (κ1) is 16.6. The molecule has 2 rings (SSSR count). The Morgan fingerprint density at radius 1 is 0.909 bits per heavy atom. The highest BCUT2D eigenvalue weighted by atomic mass is 16.5. The molecule has 118 valence electrons. The molecule has 2 aromatic rings. The van der Waals surface area contributed by atoms with Gasteiger partial charge in [-0.3, -0.25) is 0 Å². The molecule has 0 amide bonds. The van der Waals surface area contributed by atoms with E-state index in [0.29, 0.717) is 12.5 Å². The highest BCUT2D eigenvalue weighted by Crippen LogP contribution is 2.31. The van der Waals surface area contributed by atoms with Crippen LogP contribution >= 0.6 is 0 Å². The molecule has 2 N–H and O–H groups in total. The van der Waals surface area contributed by atoms with Gasteiger partial charge >= 0.3 is 0 Å². The van der Waals surface area contributed by atoms with Crippen LogP contribution in [0.1, 0.15) is 49.8 Å². The molecular formula is C20H27NO. The lowest BCUT2D eigenvalue weighted by molar-refractivity contribution is 0.414. The van der Waals surface area contributed by atoms with Crippen LogP contribution in [0.2, 0.25) is 0 Å². The fourth-order valence-electron chi connectivity index (χ4n) is 2.74. The third-order valence-electron chi connectivity index (χ3n) is 4.15. The lowest BCUT2D eigenvalue weighted by Crippen LogP contribution is -2.12. The lowest BCUT2D eigenvalue weighted by atomic mass is 9.83. The highest BCUT2D eigenvalue weighted by molar-refractivity contribution is 5.38. The van der Waals surface area contributed by atoms with Crippen LogP contribution in [0, 0.1) is 0 Å². The Labute approximate surface area is 134 Å². The predicted molar refractivity (Wildman–Crippen MR) is 93.7 cm³/mol. The van der Waals surface area contributed by atoms with Crippen LogP contribution in [0.15, 0.2) is 48.5 Å². The second-order valence-electron chi connectivity index (χ2n) is 6.78. The molecule has 1 unspecified atom stereocenters. The Balaban J connectivity index is 2.30. The van der Waals surface area contributed by atoms with Crippen LogP contribution in [0.4, 0.5) is 0 Å². The van der Waals surface area contributed by atoms with Gasteiger partial charge in [0.05, 0.1) is 7.11 Å². The standard InChI is InChI=1S/C20H27NO/c1-20(2,3)17-9-5-15(6-10-17)19(13-14-21)16-7-11-18(22-4)12-8-16/h5-12,19H,13-14,21H2,1-4H3. The van der Waals surface area contributed by atoms with Crippen molar-refractivity contribution in [2.24, 2.45) is 5.73 Å².